The highest BCUT2D eigenvalue weighted by molar-refractivity contribution is 7.53. The van der Waals surface area contributed by atoms with Gasteiger partial charge in [0.25, 0.3) is 0 Å². The SMILES string of the molecule is C#CC(F)(F)P(=O)(O)O. The average molecular weight is 156 g/mol. The first-order valence-electron chi connectivity index (χ1n) is 1.72. The van der Waals surface area contributed by atoms with E-state index in [0.29, 0.717) is 5.92 Å². The van der Waals surface area contributed by atoms with Crippen LogP contribution in [0.25, 0.3) is 0 Å². The first-order chi connectivity index (χ1) is 3.81. The number of halogens is 2. The summed E-state index contributed by atoms with van der Waals surface area (Å²) in [4.78, 5) is 15.5. The zero-order valence-corrected chi connectivity index (χ0v) is 4.98. The Kier molecular flexibility index (Phi) is 1.97. The van der Waals surface area contributed by atoms with E-state index in [4.69, 9.17) is 9.79 Å². The molecule has 0 amide bonds. The number of rotatable bonds is 1. The smallest absolute Gasteiger partial charge is 0.319 e. The second kappa shape index (κ2) is 2.07. The third kappa shape index (κ3) is 1.75. The monoisotopic (exact) mass is 156 g/mol. The Labute approximate surface area is 49.9 Å². The summed E-state index contributed by atoms with van der Waals surface area (Å²) in [6.45, 7) is 0. The summed E-state index contributed by atoms with van der Waals surface area (Å²) in [6, 6.07) is 0. The molecule has 6 heteroatoms. The highest BCUT2D eigenvalue weighted by Gasteiger charge is 2.46. The summed E-state index contributed by atoms with van der Waals surface area (Å²) in [5.41, 5.74) is -4.33. The molecule has 0 aromatic heterocycles. The van der Waals surface area contributed by atoms with Crippen molar-refractivity contribution < 1.29 is 23.1 Å². The molecule has 0 aliphatic carbocycles. The van der Waals surface area contributed by atoms with Crippen molar-refractivity contribution in [3.05, 3.63) is 0 Å². The lowest BCUT2D eigenvalue weighted by Gasteiger charge is -2.09. The largest absolute Gasteiger partial charge is 0.407 e. The molecule has 52 valence electrons. The van der Waals surface area contributed by atoms with Crippen LogP contribution in [0.5, 0.6) is 0 Å². The van der Waals surface area contributed by atoms with E-state index in [-0.39, 0.29) is 0 Å². The fourth-order valence-corrected chi connectivity index (χ4v) is 0.252. The predicted molar refractivity (Wildman–Crippen MR) is 25.8 cm³/mol. The number of terminal acetylenes is 1. The molecule has 0 saturated heterocycles. The van der Waals surface area contributed by atoms with E-state index in [9.17, 15) is 13.3 Å². The Morgan fingerprint density at radius 3 is 1.89 bits per heavy atom. The van der Waals surface area contributed by atoms with Crippen LogP contribution in [0, 0.1) is 12.3 Å². The van der Waals surface area contributed by atoms with E-state index in [0.717, 1.165) is 0 Å². The van der Waals surface area contributed by atoms with Crippen molar-refractivity contribution in [3.63, 3.8) is 0 Å². The third-order valence-corrected chi connectivity index (χ3v) is 1.40. The molecule has 0 aliphatic rings. The van der Waals surface area contributed by atoms with Crippen LogP contribution in [0.15, 0.2) is 0 Å². The molecule has 0 rings (SSSR count). The lowest BCUT2D eigenvalue weighted by atomic mass is 10.7. The van der Waals surface area contributed by atoms with Crippen molar-refractivity contribution in [2.24, 2.45) is 0 Å². The lowest BCUT2D eigenvalue weighted by molar-refractivity contribution is 0.118. The van der Waals surface area contributed by atoms with Gasteiger partial charge in [0.05, 0.1) is 0 Å². The van der Waals surface area contributed by atoms with Crippen LogP contribution in [0.3, 0.4) is 0 Å². The molecule has 0 aliphatic heterocycles. The van der Waals surface area contributed by atoms with Gasteiger partial charge < -0.3 is 9.79 Å². The summed E-state index contributed by atoms with van der Waals surface area (Å²) in [5, 5.41) is 0. The molecule has 0 radical (unpaired) electrons. The number of alkyl halides is 2. The van der Waals surface area contributed by atoms with Gasteiger partial charge in [0.1, 0.15) is 0 Å². The van der Waals surface area contributed by atoms with Crippen LogP contribution < -0.4 is 0 Å². The topological polar surface area (TPSA) is 57.5 Å². The first-order valence-corrected chi connectivity index (χ1v) is 3.34. The van der Waals surface area contributed by atoms with Crippen molar-refractivity contribution in [3.8, 4) is 12.3 Å². The first kappa shape index (κ1) is 8.57. The van der Waals surface area contributed by atoms with E-state index in [1.165, 1.54) is 0 Å². The van der Waals surface area contributed by atoms with Crippen LogP contribution in [-0.2, 0) is 4.57 Å². The summed E-state index contributed by atoms with van der Waals surface area (Å²) >= 11 is 0. The summed E-state index contributed by atoms with van der Waals surface area (Å²) in [6.07, 6.45) is 4.10. The highest BCUT2D eigenvalue weighted by Crippen LogP contribution is 2.51. The van der Waals surface area contributed by atoms with E-state index in [1.54, 1.807) is 0 Å². The minimum absolute atomic E-state index is 0.685. The summed E-state index contributed by atoms with van der Waals surface area (Å²) < 4.78 is 33.0. The summed E-state index contributed by atoms with van der Waals surface area (Å²) in [5.74, 6) is 0.685. The lowest BCUT2D eigenvalue weighted by Crippen LogP contribution is -2.11. The van der Waals surface area contributed by atoms with E-state index in [1.807, 2.05) is 0 Å². The Morgan fingerprint density at radius 1 is 1.56 bits per heavy atom. The molecule has 0 saturated carbocycles. The molecule has 0 aromatic rings. The Balaban J connectivity index is 4.61. The quantitative estimate of drug-likeness (QED) is 0.426. The normalized spacial score (nSPS) is 12.8. The molecule has 0 unspecified atom stereocenters. The van der Waals surface area contributed by atoms with E-state index in [2.05, 4.69) is 6.42 Å². The molecule has 0 atom stereocenters. The molecule has 0 bridgehead atoms. The molecule has 0 spiro atoms. The van der Waals surface area contributed by atoms with Crippen molar-refractivity contribution in [1.29, 1.82) is 0 Å². The molecule has 9 heavy (non-hydrogen) atoms. The Bertz CT molecular complexity index is 188. The zero-order valence-electron chi connectivity index (χ0n) is 4.08. The molecule has 0 heterocycles. The van der Waals surface area contributed by atoms with Crippen LogP contribution in [-0.4, -0.2) is 15.5 Å². The minimum atomic E-state index is -5.44. The van der Waals surface area contributed by atoms with Gasteiger partial charge in [-0.1, -0.05) is 0 Å². The molecule has 2 N–H and O–H groups in total. The molecule has 0 fully saturated rings. The second-order valence-corrected chi connectivity index (χ2v) is 2.88. The van der Waals surface area contributed by atoms with Crippen molar-refractivity contribution in [1.82, 2.24) is 0 Å². The maximum Gasteiger partial charge on any atom is 0.407 e. The maximum absolute atomic E-state index is 11.7. The zero-order chi connectivity index (χ0) is 7.71. The van der Waals surface area contributed by atoms with Crippen LogP contribution in [0.1, 0.15) is 0 Å². The predicted octanol–water partition coefficient (Wildman–Crippen LogP) is 0.390. The highest BCUT2D eigenvalue weighted by atomic mass is 31.2. The van der Waals surface area contributed by atoms with Gasteiger partial charge in [0.15, 0.2) is 0 Å². The van der Waals surface area contributed by atoms with Crippen molar-refractivity contribution >= 4 is 7.60 Å². The Morgan fingerprint density at radius 2 is 1.89 bits per heavy atom. The van der Waals surface area contributed by atoms with Gasteiger partial charge >= 0.3 is 13.3 Å². The van der Waals surface area contributed by atoms with Gasteiger partial charge in [0, 0.05) is 0 Å². The van der Waals surface area contributed by atoms with Gasteiger partial charge in [0.2, 0.25) is 0 Å². The number of hydrogen-bond acceptors (Lipinski definition) is 1. The van der Waals surface area contributed by atoms with Crippen LogP contribution in [0.4, 0.5) is 8.78 Å². The maximum atomic E-state index is 11.7. The molecular formula is C3H3F2O3P. The Hall–Kier alpha value is -0.430. The minimum Gasteiger partial charge on any atom is -0.319 e. The van der Waals surface area contributed by atoms with Gasteiger partial charge in [-0.2, -0.15) is 8.78 Å². The second-order valence-electron chi connectivity index (χ2n) is 1.23. The number of hydrogen-bond donors (Lipinski definition) is 2. The standard InChI is InChI=1S/C3H3F2O3P/c1-2-3(4,5)9(6,7)8/h1H,(H2,6,7,8). The van der Waals surface area contributed by atoms with Crippen molar-refractivity contribution in [2.75, 3.05) is 0 Å². The molecule has 3 nitrogen and oxygen atoms in total. The van der Waals surface area contributed by atoms with Crippen molar-refractivity contribution in [2.45, 2.75) is 5.66 Å². The third-order valence-electron chi connectivity index (χ3n) is 0.539. The van der Waals surface area contributed by atoms with E-state index < -0.39 is 13.3 Å². The summed E-state index contributed by atoms with van der Waals surface area (Å²) in [7, 11) is -5.44. The van der Waals surface area contributed by atoms with Gasteiger partial charge in [-0.25, -0.2) is 0 Å². The average Bonchev–Trinajstić information content (AvgIpc) is 1.64. The molecule has 0 aromatic carbocycles. The fraction of sp³-hybridized carbons (Fsp3) is 0.333. The fourth-order valence-electron chi connectivity index (χ4n) is 0.0841. The van der Waals surface area contributed by atoms with Gasteiger partial charge in [-0.05, 0) is 5.92 Å². The van der Waals surface area contributed by atoms with Gasteiger partial charge in [-0.15, -0.1) is 6.42 Å². The van der Waals surface area contributed by atoms with Crippen LogP contribution in [0.2, 0.25) is 0 Å². The van der Waals surface area contributed by atoms with Crippen LogP contribution >= 0.6 is 7.60 Å². The van der Waals surface area contributed by atoms with Gasteiger partial charge in [-0.3, -0.25) is 4.57 Å². The molecular weight excluding hydrogens is 153 g/mol. The van der Waals surface area contributed by atoms with E-state index >= 15 is 0 Å².